The van der Waals surface area contributed by atoms with Crippen molar-refractivity contribution >= 4 is 11.8 Å². The average Bonchev–Trinajstić information content (AvgIpc) is 2.73. The van der Waals surface area contributed by atoms with E-state index in [4.69, 9.17) is 0 Å². The predicted molar refractivity (Wildman–Crippen MR) is 106 cm³/mol. The number of amides is 2. The summed E-state index contributed by atoms with van der Waals surface area (Å²) in [6.45, 7) is 0.612. The van der Waals surface area contributed by atoms with Gasteiger partial charge in [0.25, 0.3) is 11.8 Å². The molecule has 0 aliphatic heterocycles. The molecule has 1 heterocycles. The zero-order valence-electron chi connectivity index (χ0n) is 15.9. The third kappa shape index (κ3) is 5.39. The van der Waals surface area contributed by atoms with Crippen molar-refractivity contribution in [1.29, 1.82) is 0 Å². The molecule has 1 aliphatic rings. The third-order valence-corrected chi connectivity index (χ3v) is 5.14. The summed E-state index contributed by atoms with van der Waals surface area (Å²) < 4.78 is 0. The maximum atomic E-state index is 12.7. The normalized spacial score (nSPS) is 14.6. The molecule has 0 unspecified atom stereocenters. The first-order valence-corrected chi connectivity index (χ1v) is 9.69. The van der Waals surface area contributed by atoms with Gasteiger partial charge >= 0.3 is 0 Å². The Morgan fingerprint density at radius 3 is 2.52 bits per heavy atom. The van der Waals surface area contributed by atoms with Crippen LogP contribution in [0.4, 0.5) is 0 Å². The topological polar surface area (TPSA) is 62.3 Å². The second-order valence-corrected chi connectivity index (χ2v) is 7.22. The first-order valence-electron chi connectivity index (χ1n) is 9.69. The number of nitrogens with zero attached hydrogens (tertiary/aromatic N) is 2. The minimum atomic E-state index is -0.0870. The lowest BCUT2D eigenvalue weighted by Crippen LogP contribution is -2.36. The molecular formula is C22H27N3O2. The highest BCUT2D eigenvalue weighted by Crippen LogP contribution is 2.18. The van der Waals surface area contributed by atoms with Crippen molar-refractivity contribution in [3.05, 3.63) is 65.5 Å². The minimum Gasteiger partial charge on any atom is -0.349 e. The van der Waals surface area contributed by atoms with E-state index in [1.54, 1.807) is 48.6 Å². The van der Waals surface area contributed by atoms with Gasteiger partial charge in [0.05, 0.1) is 0 Å². The van der Waals surface area contributed by atoms with Crippen LogP contribution in [0.5, 0.6) is 0 Å². The summed E-state index contributed by atoms with van der Waals surface area (Å²) >= 11 is 0. The number of benzene rings is 1. The number of carbonyl (C=O) groups excluding carboxylic acids is 2. The highest BCUT2D eigenvalue weighted by molar-refractivity contribution is 5.99. The van der Waals surface area contributed by atoms with Gasteiger partial charge in [-0.05, 0) is 55.2 Å². The Kier molecular flexibility index (Phi) is 6.58. The molecule has 27 heavy (non-hydrogen) atoms. The van der Waals surface area contributed by atoms with Crippen LogP contribution >= 0.6 is 0 Å². The Labute approximate surface area is 160 Å². The molecule has 1 N–H and O–H groups in total. The van der Waals surface area contributed by atoms with E-state index >= 15 is 0 Å². The highest BCUT2D eigenvalue weighted by atomic mass is 16.2. The Morgan fingerprint density at radius 2 is 1.78 bits per heavy atom. The molecule has 5 heteroatoms. The van der Waals surface area contributed by atoms with E-state index in [1.807, 2.05) is 12.1 Å². The number of hydrogen-bond donors (Lipinski definition) is 1. The van der Waals surface area contributed by atoms with E-state index in [0.29, 0.717) is 17.7 Å². The van der Waals surface area contributed by atoms with Crippen LogP contribution in [0.15, 0.2) is 48.8 Å². The lowest BCUT2D eigenvalue weighted by molar-refractivity contribution is 0.0796. The third-order valence-electron chi connectivity index (χ3n) is 5.14. The molecule has 2 aromatic rings. The Balaban J connectivity index is 1.59. The number of carbonyl (C=O) groups is 2. The van der Waals surface area contributed by atoms with Crippen molar-refractivity contribution in [3.8, 4) is 0 Å². The van der Waals surface area contributed by atoms with E-state index in [0.717, 1.165) is 24.8 Å². The van der Waals surface area contributed by atoms with Gasteiger partial charge in [-0.25, -0.2) is 0 Å². The van der Waals surface area contributed by atoms with Gasteiger partial charge in [0.15, 0.2) is 0 Å². The first-order chi connectivity index (χ1) is 13.1. The fourth-order valence-corrected chi connectivity index (χ4v) is 3.48. The van der Waals surface area contributed by atoms with Crippen molar-refractivity contribution in [1.82, 2.24) is 15.2 Å². The SMILES string of the molecule is CN(CCc1ccncc1)C(=O)c1cccc(C(=O)NC2CCCCC2)c1. The van der Waals surface area contributed by atoms with E-state index in [2.05, 4.69) is 10.3 Å². The summed E-state index contributed by atoms with van der Waals surface area (Å²) in [5.41, 5.74) is 2.24. The molecule has 142 valence electrons. The van der Waals surface area contributed by atoms with E-state index in [9.17, 15) is 9.59 Å². The van der Waals surface area contributed by atoms with Crippen molar-refractivity contribution < 1.29 is 9.59 Å². The molecule has 3 rings (SSSR count). The van der Waals surface area contributed by atoms with Crippen molar-refractivity contribution in [2.75, 3.05) is 13.6 Å². The molecule has 5 nitrogen and oxygen atoms in total. The van der Waals surface area contributed by atoms with Crippen molar-refractivity contribution in [2.24, 2.45) is 0 Å². The maximum Gasteiger partial charge on any atom is 0.253 e. The second kappa shape index (κ2) is 9.31. The Morgan fingerprint density at radius 1 is 1.07 bits per heavy atom. The molecule has 1 aliphatic carbocycles. The molecule has 0 saturated heterocycles. The van der Waals surface area contributed by atoms with Gasteiger partial charge in [-0.1, -0.05) is 25.3 Å². The van der Waals surface area contributed by atoms with Crippen LogP contribution in [-0.2, 0) is 6.42 Å². The largest absolute Gasteiger partial charge is 0.349 e. The quantitative estimate of drug-likeness (QED) is 0.853. The van der Waals surface area contributed by atoms with Gasteiger partial charge in [-0.2, -0.15) is 0 Å². The number of likely N-dealkylation sites (N-methyl/N-ethyl adjacent to an activating group) is 1. The molecule has 1 saturated carbocycles. The molecule has 1 aromatic carbocycles. The van der Waals surface area contributed by atoms with E-state index in [1.165, 1.54) is 19.3 Å². The summed E-state index contributed by atoms with van der Waals surface area (Å²) in [4.78, 5) is 30.9. The highest BCUT2D eigenvalue weighted by Gasteiger charge is 2.18. The summed E-state index contributed by atoms with van der Waals surface area (Å²) in [6.07, 6.45) is 9.97. The smallest absolute Gasteiger partial charge is 0.253 e. The zero-order valence-corrected chi connectivity index (χ0v) is 15.9. The van der Waals surface area contributed by atoms with Crippen LogP contribution < -0.4 is 5.32 Å². The van der Waals surface area contributed by atoms with Crippen LogP contribution in [0.1, 0.15) is 58.4 Å². The number of hydrogen-bond acceptors (Lipinski definition) is 3. The molecule has 0 atom stereocenters. The Hall–Kier alpha value is -2.69. The van der Waals surface area contributed by atoms with E-state index < -0.39 is 0 Å². The Bertz CT molecular complexity index is 770. The summed E-state index contributed by atoms with van der Waals surface area (Å²) in [5, 5.41) is 3.11. The molecule has 1 aromatic heterocycles. The van der Waals surface area contributed by atoms with Gasteiger partial charge in [0, 0.05) is 43.2 Å². The maximum absolute atomic E-state index is 12.7. The van der Waals surface area contributed by atoms with Gasteiger partial charge in [-0.15, -0.1) is 0 Å². The van der Waals surface area contributed by atoms with Crippen LogP contribution in [0, 0.1) is 0 Å². The number of rotatable bonds is 6. The fourth-order valence-electron chi connectivity index (χ4n) is 3.48. The number of pyridine rings is 1. The fraction of sp³-hybridized carbons (Fsp3) is 0.409. The van der Waals surface area contributed by atoms with Crippen LogP contribution in [0.2, 0.25) is 0 Å². The molecule has 0 spiro atoms. The van der Waals surface area contributed by atoms with Crippen LogP contribution in [0.25, 0.3) is 0 Å². The molecule has 2 amide bonds. The van der Waals surface area contributed by atoms with Crippen molar-refractivity contribution in [2.45, 2.75) is 44.6 Å². The lowest BCUT2D eigenvalue weighted by Gasteiger charge is -2.23. The van der Waals surface area contributed by atoms with E-state index in [-0.39, 0.29) is 17.9 Å². The summed E-state index contributed by atoms with van der Waals surface area (Å²) in [6, 6.07) is 11.2. The van der Waals surface area contributed by atoms with Crippen LogP contribution in [0.3, 0.4) is 0 Å². The second-order valence-electron chi connectivity index (χ2n) is 7.22. The van der Waals surface area contributed by atoms with Gasteiger partial charge in [0.2, 0.25) is 0 Å². The molecule has 0 radical (unpaired) electrons. The predicted octanol–water partition coefficient (Wildman–Crippen LogP) is 3.46. The number of nitrogens with one attached hydrogen (secondary N) is 1. The lowest BCUT2D eigenvalue weighted by atomic mass is 9.95. The number of aromatic nitrogens is 1. The molecule has 1 fully saturated rings. The minimum absolute atomic E-state index is 0.0728. The summed E-state index contributed by atoms with van der Waals surface area (Å²) in [5.74, 6) is -0.160. The van der Waals surface area contributed by atoms with Gasteiger partial charge < -0.3 is 10.2 Å². The van der Waals surface area contributed by atoms with Gasteiger partial charge in [0.1, 0.15) is 0 Å². The van der Waals surface area contributed by atoms with Crippen molar-refractivity contribution in [3.63, 3.8) is 0 Å². The van der Waals surface area contributed by atoms with Crippen LogP contribution in [-0.4, -0.2) is 41.3 Å². The zero-order chi connectivity index (χ0) is 19.1. The molecule has 0 bridgehead atoms. The van der Waals surface area contributed by atoms with Gasteiger partial charge in [-0.3, -0.25) is 14.6 Å². The summed E-state index contributed by atoms with van der Waals surface area (Å²) in [7, 11) is 1.79. The average molecular weight is 365 g/mol. The standard InChI is InChI=1S/C22H27N3O2/c1-25(15-12-17-10-13-23-14-11-17)22(27)19-7-5-6-18(16-19)21(26)24-20-8-3-2-4-9-20/h5-7,10-11,13-14,16,20H,2-4,8-9,12,15H2,1H3,(H,24,26). The molecular weight excluding hydrogens is 338 g/mol. The first kappa shape index (κ1) is 19.1. The monoisotopic (exact) mass is 365 g/mol.